The molecule has 0 aliphatic heterocycles. The van der Waals surface area contributed by atoms with E-state index in [-0.39, 0.29) is 0 Å². The number of rotatable bonds is 6. The van der Waals surface area contributed by atoms with Crippen molar-refractivity contribution < 1.29 is 0 Å². The molecule has 94 valence electrons. The zero-order chi connectivity index (χ0) is 12.3. The quantitative estimate of drug-likeness (QED) is 0.817. The molecule has 17 heavy (non-hydrogen) atoms. The van der Waals surface area contributed by atoms with Crippen molar-refractivity contribution in [2.75, 3.05) is 24.5 Å². The first-order chi connectivity index (χ1) is 8.25. The SMILES string of the molecule is CCN(CC)c1ccc(C2(CCN)CC2)cc1. The van der Waals surface area contributed by atoms with Crippen LogP contribution in [-0.4, -0.2) is 19.6 Å². The van der Waals surface area contributed by atoms with E-state index in [0.717, 1.165) is 26.1 Å². The van der Waals surface area contributed by atoms with Crippen LogP contribution in [0.3, 0.4) is 0 Å². The van der Waals surface area contributed by atoms with Gasteiger partial charge in [-0.2, -0.15) is 0 Å². The lowest BCUT2D eigenvalue weighted by molar-refractivity contribution is 0.629. The normalized spacial score (nSPS) is 16.9. The summed E-state index contributed by atoms with van der Waals surface area (Å²) in [6.45, 7) is 7.35. The molecule has 1 aliphatic carbocycles. The molecule has 0 radical (unpaired) electrons. The third-order valence-corrected chi connectivity index (χ3v) is 4.08. The summed E-state index contributed by atoms with van der Waals surface area (Å²) in [5.41, 5.74) is 8.95. The van der Waals surface area contributed by atoms with Gasteiger partial charge in [0.25, 0.3) is 0 Å². The molecule has 0 saturated heterocycles. The van der Waals surface area contributed by atoms with E-state index in [0.29, 0.717) is 5.41 Å². The van der Waals surface area contributed by atoms with E-state index >= 15 is 0 Å². The smallest absolute Gasteiger partial charge is 0.0366 e. The van der Waals surface area contributed by atoms with Gasteiger partial charge in [0.1, 0.15) is 0 Å². The van der Waals surface area contributed by atoms with Crippen molar-refractivity contribution in [2.45, 2.75) is 38.5 Å². The highest BCUT2D eigenvalue weighted by Gasteiger charge is 2.42. The number of benzene rings is 1. The fraction of sp³-hybridized carbons (Fsp3) is 0.600. The van der Waals surface area contributed by atoms with Crippen LogP contribution in [0, 0.1) is 0 Å². The van der Waals surface area contributed by atoms with E-state index in [1.54, 1.807) is 0 Å². The summed E-state index contributed by atoms with van der Waals surface area (Å²) in [5.74, 6) is 0. The minimum absolute atomic E-state index is 0.427. The van der Waals surface area contributed by atoms with Crippen LogP contribution in [0.25, 0.3) is 0 Å². The molecule has 0 aromatic heterocycles. The highest BCUT2D eigenvalue weighted by molar-refractivity contribution is 5.49. The number of hydrogen-bond donors (Lipinski definition) is 1. The van der Waals surface area contributed by atoms with E-state index < -0.39 is 0 Å². The predicted molar refractivity (Wildman–Crippen MR) is 74.6 cm³/mol. The summed E-state index contributed by atoms with van der Waals surface area (Å²) < 4.78 is 0. The Morgan fingerprint density at radius 3 is 2.12 bits per heavy atom. The Morgan fingerprint density at radius 1 is 1.12 bits per heavy atom. The monoisotopic (exact) mass is 232 g/mol. The molecule has 1 aromatic rings. The zero-order valence-corrected chi connectivity index (χ0v) is 11.1. The summed E-state index contributed by atoms with van der Waals surface area (Å²) >= 11 is 0. The first kappa shape index (κ1) is 12.4. The third-order valence-electron chi connectivity index (χ3n) is 4.08. The van der Waals surface area contributed by atoms with Gasteiger partial charge in [0, 0.05) is 18.8 Å². The minimum atomic E-state index is 0.427. The van der Waals surface area contributed by atoms with E-state index in [1.807, 2.05) is 0 Å². The van der Waals surface area contributed by atoms with Crippen LogP contribution in [0.5, 0.6) is 0 Å². The first-order valence-corrected chi connectivity index (χ1v) is 6.81. The molecule has 2 N–H and O–H groups in total. The van der Waals surface area contributed by atoms with Gasteiger partial charge in [0.15, 0.2) is 0 Å². The number of nitrogens with zero attached hydrogens (tertiary/aromatic N) is 1. The Morgan fingerprint density at radius 2 is 1.71 bits per heavy atom. The van der Waals surface area contributed by atoms with Gasteiger partial charge >= 0.3 is 0 Å². The second-order valence-electron chi connectivity index (χ2n) is 5.04. The lowest BCUT2D eigenvalue weighted by Crippen LogP contribution is -2.22. The standard InChI is InChI=1S/C15H24N2/c1-3-17(4-2)14-7-5-13(6-8-14)15(9-10-15)11-12-16/h5-8H,3-4,9-12,16H2,1-2H3. The molecule has 2 rings (SSSR count). The van der Waals surface area contributed by atoms with Crippen LogP contribution < -0.4 is 10.6 Å². The maximum Gasteiger partial charge on any atom is 0.0366 e. The molecular formula is C15H24N2. The molecule has 0 atom stereocenters. The Balaban J connectivity index is 2.13. The van der Waals surface area contributed by atoms with Gasteiger partial charge in [-0.05, 0) is 62.8 Å². The second kappa shape index (κ2) is 5.09. The Hall–Kier alpha value is -1.02. The fourth-order valence-corrected chi connectivity index (χ4v) is 2.72. The summed E-state index contributed by atoms with van der Waals surface area (Å²) in [6, 6.07) is 9.13. The van der Waals surface area contributed by atoms with Crippen molar-refractivity contribution in [3.8, 4) is 0 Å². The highest BCUT2D eigenvalue weighted by Crippen LogP contribution is 2.50. The number of anilines is 1. The van der Waals surface area contributed by atoms with Crippen molar-refractivity contribution in [3.63, 3.8) is 0 Å². The number of hydrogen-bond acceptors (Lipinski definition) is 2. The maximum atomic E-state index is 5.70. The molecule has 0 amide bonds. The lowest BCUT2D eigenvalue weighted by atomic mass is 9.92. The van der Waals surface area contributed by atoms with Gasteiger partial charge in [0.2, 0.25) is 0 Å². The zero-order valence-electron chi connectivity index (χ0n) is 11.1. The third kappa shape index (κ3) is 2.47. The molecule has 0 heterocycles. The molecule has 2 heteroatoms. The Kier molecular flexibility index (Phi) is 3.72. The average Bonchev–Trinajstić information content (AvgIpc) is 3.13. The van der Waals surface area contributed by atoms with E-state index in [4.69, 9.17) is 5.73 Å². The van der Waals surface area contributed by atoms with Crippen molar-refractivity contribution in [3.05, 3.63) is 29.8 Å². The van der Waals surface area contributed by atoms with Crippen LogP contribution in [0.15, 0.2) is 24.3 Å². The summed E-state index contributed by atoms with van der Waals surface area (Å²) in [7, 11) is 0. The van der Waals surface area contributed by atoms with Crippen LogP contribution in [0.2, 0.25) is 0 Å². The van der Waals surface area contributed by atoms with Gasteiger partial charge in [-0.25, -0.2) is 0 Å². The molecule has 0 spiro atoms. The molecule has 0 unspecified atom stereocenters. The van der Waals surface area contributed by atoms with E-state index in [2.05, 4.69) is 43.0 Å². The summed E-state index contributed by atoms with van der Waals surface area (Å²) in [6.07, 6.45) is 3.77. The molecule has 1 fully saturated rings. The number of nitrogens with two attached hydrogens (primary N) is 1. The predicted octanol–water partition coefficient (Wildman–Crippen LogP) is 2.91. The average molecular weight is 232 g/mol. The Bertz CT molecular complexity index is 348. The van der Waals surface area contributed by atoms with Gasteiger partial charge in [-0.3, -0.25) is 0 Å². The molecular weight excluding hydrogens is 208 g/mol. The summed E-state index contributed by atoms with van der Waals surface area (Å²) in [5, 5.41) is 0. The van der Waals surface area contributed by atoms with Gasteiger partial charge < -0.3 is 10.6 Å². The van der Waals surface area contributed by atoms with Crippen LogP contribution in [-0.2, 0) is 5.41 Å². The molecule has 1 saturated carbocycles. The lowest BCUT2D eigenvalue weighted by Gasteiger charge is -2.22. The van der Waals surface area contributed by atoms with Crippen molar-refractivity contribution >= 4 is 5.69 Å². The first-order valence-electron chi connectivity index (χ1n) is 6.81. The van der Waals surface area contributed by atoms with Crippen LogP contribution in [0.1, 0.15) is 38.7 Å². The molecule has 1 aliphatic rings. The van der Waals surface area contributed by atoms with E-state index in [9.17, 15) is 0 Å². The molecule has 0 bridgehead atoms. The van der Waals surface area contributed by atoms with Gasteiger partial charge in [0.05, 0.1) is 0 Å². The van der Waals surface area contributed by atoms with Crippen molar-refractivity contribution in [1.29, 1.82) is 0 Å². The molecule has 2 nitrogen and oxygen atoms in total. The molecule has 1 aromatic carbocycles. The summed E-state index contributed by atoms with van der Waals surface area (Å²) in [4.78, 5) is 2.38. The second-order valence-corrected chi connectivity index (χ2v) is 5.04. The van der Waals surface area contributed by atoms with E-state index in [1.165, 1.54) is 24.1 Å². The van der Waals surface area contributed by atoms with Crippen molar-refractivity contribution in [1.82, 2.24) is 0 Å². The highest BCUT2D eigenvalue weighted by atomic mass is 15.1. The maximum absolute atomic E-state index is 5.70. The van der Waals surface area contributed by atoms with Crippen LogP contribution >= 0.6 is 0 Å². The van der Waals surface area contributed by atoms with Gasteiger partial charge in [-0.15, -0.1) is 0 Å². The van der Waals surface area contributed by atoms with Crippen molar-refractivity contribution in [2.24, 2.45) is 5.73 Å². The largest absolute Gasteiger partial charge is 0.372 e. The minimum Gasteiger partial charge on any atom is -0.372 e. The topological polar surface area (TPSA) is 29.3 Å². The Labute approximate surface area is 105 Å². The van der Waals surface area contributed by atoms with Crippen LogP contribution in [0.4, 0.5) is 5.69 Å². The van der Waals surface area contributed by atoms with Gasteiger partial charge in [-0.1, -0.05) is 12.1 Å². The fourth-order valence-electron chi connectivity index (χ4n) is 2.72.